The number of carbonyl (C=O) groups is 1. The average Bonchev–Trinajstić information content (AvgIpc) is 2.65. The van der Waals surface area contributed by atoms with Crippen LogP contribution in [0.4, 0.5) is 0 Å². The van der Waals surface area contributed by atoms with Crippen LogP contribution in [0, 0.1) is 0 Å². The van der Waals surface area contributed by atoms with E-state index in [0.717, 1.165) is 16.9 Å². The van der Waals surface area contributed by atoms with Crippen LogP contribution in [0.2, 0.25) is 0 Å². The number of fused-ring (bicyclic) bond motifs is 1. The van der Waals surface area contributed by atoms with Gasteiger partial charge in [0.05, 0.1) is 16.6 Å². The molecule has 4 nitrogen and oxygen atoms in total. The maximum absolute atomic E-state index is 11.1. The Hall–Kier alpha value is -1.84. The Morgan fingerprint density at radius 3 is 2.55 bits per heavy atom. The molecule has 1 aromatic heterocycles. The van der Waals surface area contributed by atoms with E-state index in [0.29, 0.717) is 11.6 Å². The third-order valence-corrected chi connectivity index (χ3v) is 4.05. The van der Waals surface area contributed by atoms with Crippen molar-refractivity contribution in [2.45, 2.75) is 51.5 Å². The molecule has 0 saturated heterocycles. The molecule has 1 aliphatic rings. The van der Waals surface area contributed by atoms with Gasteiger partial charge in [-0.15, -0.1) is 0 Å². The van der Waals surface area contributed by atoms with Crippen molar-refractivity contribution in [2.75, 3.05) is 0 Å². The largest absolute Gasteiger partial charge is 0.478 e. The second-order valence-corrected chi connectivity index (χ2v) is 6.65. The average molecular weight is 272 g/mol. The molecular formula is C16H20N2O2. The number of aromatic carboxylic acids is 1. The highest BCUT2D eigenvalue weighted by molar-refractivity contribution is 5.92. The topological polar surface area (TPSA) is 55.1 Å². The summed E-state index contributed by atoms with van der Waals surface area (Å²) in [7, 11) is 0. The lowest BCUT2D eigenvalue weighted by molar-refractivity contribution is 0.0697. The fourth-order valence-electron chi connectivity index (χ4n) is 2.78. The van der Waals surface area contributed by atoms with Gasteiger partial charge in [0.15, 0.2) is 0 Å². The van der Waals surface area contributed by atoms with E-state index >= 15 is 0 Å². The molecule has 20 heavy (non-hydrogen) atoms. The minimum absolute atomic E-state index is 0.0437. The Balaban J connectivity index is 2.23. The summed E-state index contributed by atoms with van der Waals surface area (Å²) in [4.78, 5) is 15.8. The molecule has 2 aromatic rings. The quantitative estimate of drug-likeness (QED) is 0.905. The summed E-state index contributed by atoms with van der Waals surface area (Å²) in [5, 5.41) is 9.11. The minimum Gasteiger partial charge on any atom is -0.478 e. The molecule has 1 heterocycles. The van der Waals surface area contributed by atoms with Crippen LogP contribution >= 0.6 is 0 Å². The molecule has 4 heteroatoms. The SMILES string of the molecule is CC(C)(C)c1nc2cc(C(=O)O)ccc2n1C1CCC1. The van der Waals surface area contributed by atoms with E-state index in [2.05, 4.69) is 25.3 Å². The molecule has 1 N–H and O–H groups in total. The number of nitrogens with zero attached hydrogens (tertiary/aromatic N) is 2. The summed E-state index contributed by atoms with van der Waals surface area (Å²) in [6.45, 7) is 6.46. The van der Waals surface area contributed by atoms with Crippen molar-refractivity contribution in [1.82, 2.24) is 9.55 Å². The van der Waals surface area contributed by atoms with Crippen molar-refractivity contribution < 1.29 is 9.90 Å². The Labute approximate surface area is 118 Å². The normalized spacial score (nSPS) is 16.4. The van der Waals surface area contributed by atoms with Gasteiger partial charge in [0.25, 0.3) is 0 Å². The van der Waals surface area contributed by atoms with Gasteiger partial charge >= 0.3 is 5.97 Å². The molecule has 1 fully saturated rings. The monoisotopic (exact) mass is 272 g/mol. The van der Waals surface area contributed by atoms with Crippen molar-refractivity contribution in [1.29, 1.82) is 0 Å². The molecule has 0 amide bonds. The van der Waals surface area contributed by atoms with Crippen molar-refractivity contribution in [3.8, 4) is 0 Å². The molecule has 0 atom stereocenters. The predicted octanol–water partition coefficient (Wildman–Crippen LogP) is 3.76. The highest BCUT2D eigenvalue weighted by Gasteiger charge is 2.29. The standard InChI is InChI=1S/C16H20N2O2/c1-16(2,3)15-17-12-9-10(14(19)20)7-8-13(12)18(15)11-5-4-6-11/h7-9,11H,4-6H2,1-3H3,(H,19,20). The zero-order valence-corrected chi connectivity index (χ0v) is 12.2. The first kappa shape index (κ1) is 13.2. The van der Waals surface area contributed by atoms with Crippen LogP contribution < -0.4 is 0 Å². The first-order valence-corrected chi connectivity index (χ1v) is 7.13. The van der Waals surface area contributed by atoms with Gasteiger partial charge < -0.3 is 9.67 Å². The van der Waals surface area contributed by atoms with E-state index in [4.69, 9.17) is 10.1 Å². The summed E-state index contributed by atoms with van der Waals surface area (Å²) in [5.41, 5.74) is 2.11. The van der Waals surface area contributed by atoms with Gasteiger partial charge in [0.2, 0.25) is 0 Å². The van der Waals surface area contributed by atoms with E-state index in [9.17, 15) is 4.79 Å². The van der Waals surface area contributed by atoms with E-state index < -0.39 is 5.97 Å². The second kappa shape index (κ2) is 4.33. The van der Waals surface area contributed by atoms with Crippen LogP contribution in [0.3, 0.4) is 0 Å². The summed E-state index contributed by atoms with van der Waals surface area (Å²) >= 11 is 0. The van der Waals surface area contributed by atoms with Crippen molar-refractivity contribution in [3.05, 3.63) is 29.6 Å². The van der Waals surface area contributed by atoms with E-state index in [1.807, 2.05) is 6.07 Å². The van der Waals surface area contributed by atoms with Crippen molar-refractivity contribution in [2.24, 2.45) is 0 Å². The Morgan fingerprint density at radius 1 is 1.35 bits per heavy atom. The molecule has 1 saturated carbocycles. The van der Waals surface area contributed by atoms with Gasteiger partial charge in [0.1, 0.15) is 5.82 Å². The van der Waals surface area contributed by atoms with Gasteiger partial charge in [-0.3, -0.25) is 0 Å². The number of rotatable bonds is 2. The number of hydrogen-bond donors (Lipinski definition) is 1. The number of hydrogen-bond acceptors (Lipinski definition) is 2. The highest BCUT2D eigenvalue weighted by Crippen LogP contribution is 2.38. The van der Waals surface area contributed by atoms with Crippen LogP contribution in [-0.2, 0) is 5.41 Å². The summed E-state index contributed by atoms with van der Waals surface area (Å²) < 4.78 is 2.32. The summed E-state index contributed by atoms with van der Waals surface area (Å²) in [6, 6.07) is 5.78. The van der Waals surface area contributed by atoms with Crippen LogP contribution in [0.15, 0.2) is 18.2 Å². The van der Waals surface area contributed by atoms with Gasteiger partial charge in [-0.25, -0.2) is 9.78 Å². The molecule has 0 spiro atoms. The van der Waals surface area contributed by atoms with E-state index in [1.54, 1.807) is 12.1 Å². The fourth-order valence-corrected chi connectivity index (χ4v) is 2.78. The maximum atomic E-state index is 11.1. The van der Waals surface area contributed by atoms with Gasteiger partial charge in [-0.1, -0.05) is 20.8 Å². The third kappa shape index (κ3) is 1.99. The molecule has 1 aliphatic carbocycles. The van der Waals surface area contributed by atoms with Crippen molar-refractivity contribution >= 4 is 17.0 Å². The molecule has 0 unspecified atom stereocenters. The lowest BCUT2D eigenvalue weighted by Gasteiger charge is -2.32. The lowest BCUT2D eigenvalue weighted by atomic mass is 9.90. The minimum atomic E-state index is -0.901. The molecular weight excluding hydrogens is 252 g/mol. The Kier molecular flexibility index (Phi) is 2.85. The van der Waals surface area contributed by atoms with E-state index in [1.165, 1.54) is 19.3 Å². The first-order valence-electron chi connectivity index (χ1n) is 7.13. The molecule has 3 rings (SSSR count). The maximum Gasteiger partial charge on any atom is 0.335 e. The zero-order chi connectivity index (χ0) is 14.5. The fraction of sp³-hybridized carbons (Fsp3) is 0.500. The number of carboxylic acid groups (broad SMARTS) is 1. The van der Waals surface area contributed by atoms with Gasteiger partial charge in [-0.2, -0.15) is 0 Å². The van der Waals surface area contributed by atoms with Crippen LogP contribution in [0.25, 0.3) is 11.0 Å². The number of aromatic nitrogens is 2. The van der Waals surface area contributed by atoms with Gasteiger partial charge in [-0.05, 0) is 37.5 Å². The molecule has 0 aliphatic heterocycles. The predicted molar refractivity (Wildman–Crippen MR) is 78.3 cm³/mol. The first-order chi connectivity index (χ1) is 9.38. The number of carboxylic acids is 1. The molecule has 1 aromatic carbocycles. The van der Waals surface area contributed by atoms with E-state index in [-0.39, 0.29) is 5.41 Å². The van der Waals surface area contributed by atoms with Crippen LogP contribution in [-0.4, -0.2) is 20.6 Å². The van der Waals surface area contributed by atoms with Crippen LogP contribution in [0.5, 0.6) is 0 Å². The van der Waals surface area contributed by atoms with Gasteiger partial charge in [0, 0.05) is 11.5 Å². The number of benzene rings is 1. The molecule has 0 radical (unpaired) electrons. The van der Waals surface area contributed by atoms with Crippen molar-refractivity contribution in [3.63, 3.8) is 0 Å². The molecule has 106 valence electrons. The third-order valence-electron chi connectivity index (χ3n) is 4.05. The smallest absolute Gasteiger partial charge is 0.335 e. The molecule has 0 bridgehead atoms. The number of imidazole rings is 1. The second-order valence-electron chi connectivity index (χ2n) is 6.65. The summed E-state index contributed by atoms with van der Waals surface area (Å²) in [5.74, 6) is 0.155. The Morgan fingerprint density at radius 2 is 2.05 bits per heavy atom. The van der Waals surface area contributed by atoms with Crippen LogP contribution in [0.1, 0.15) is 62.3 Å². The highest BCUT2D eigenvalue weighted by atomic mass is 16.4. The lowest BCUT2D eigenvalue weighted by Crippen LogP contribution is -2.25. The Bertz CT molecular complexity index is 676. The summed E-state index contributed by atoms with van der Waals surface area (Å²) in [6.07, 6.45) is 3.64. The zero-order valence-electron chi connectivity index (χ0n) is 12.2.